The number of carbonyl (C=O) groups excluding carboxylic acids is 1. The van der Waals surface area contributed by atoms with Crippen LogP contribution in [-0.2, 0) is 13.0 Å². The van der Waals surface area contributed by atoms with Crippen molar-refractivity contribution in [2.24, 2.45) is 0 Å². The van der Waals surface area contributed by atoms with E-state index in [0.717, 1.165) is 16.8 Å². The predicted molar refractivity (Wildman–Crippen MR) is 97.0 cm³/mol. The van der Waals surface area contributed by atoms with Gasteiger partial charge in [0.2, 0.25) is 0 Å². The number of amides is 2. The summed E-state index contributed by atoms with van der Waals surface area (Å²) in [6.45, 7) is 0.812. The van der Waals surface area contributed by atoms with Crippen molar-refractivity contribution in [3.05, 3.63) is 77.6 Å². The average molecular weight is 366 g/mol. The Balaban J connectivity index is 1.49. The Labute approximate surface area is 154 Å². The molecule has 4 rings (SSSR count). The summed E-state index contributed by atoms with van der Waals surface area (Å²) in [7, 11) is 0. The van der Waals surface area contributed by atoms with Gasteiger partial charge in [0.25, 0.3) is 0 Å². The normalized spacial score (nSPS) is 13.2. The zero-order chi connectivity index (χ0) is 18.8. The molecular weight excluding hydrogens is 350 g/mol. The molecule has 2 aromatic carbocycles. The average Bonchev–Trinajstić information content (AvgIpc) is 2.69. The van der Waals surface area contributed by atoms with Crippen LogP contribution in [0.5, 0.6) is 0 Å². The molecule has 0 atom stereocenters. The fourth-order valence-corrected chi connectivity index (χ4v) is 2.98. The monoisotopic (exact) mass is 366 g/mol. The van der Waals surface area contributed by atoms with Crippen LogP contribution in [0.4, 0.5) is 19.3 Å². The van der Waals surface area contributed by atoms with Gasteiger partial charge in [0.15, 0.2) is 5.82 Å². The van der Waals surface area contributed by atoms with Crippen molar-refractivity contribution in [1.29, 1.82) is 0 Å². The Hall–Kier alpha value is -3.35. The molecule has 0 aliphatic carbocycles. The molecule has 0 saturated heterocycles. The van der Waals surface area contributed by atoms with Crippen LogP contribution < -0.4 is 5.32 Å². The lowest BCUT2D eigenvalue weighted by atomic mass is 10.1. The summed E-state index contributed by atoms with van der Waals surface area (Å²) in [5.41, 5.74) is 2.59. The van der Waals surface area contributed by atoms with E-state index in [4.69, 9.17) is 0 Å². The van der Waals surface area contributed by atoms with E-state index < -0.39 is 5.82 Å². The van der Waals surface area contributed by atoms with Gasteiger partial charge in [-0.2, -0.15) is 0 Å². The first-order valence-corrected chi connectivity index (χ1v) is 8.51. The van der Waals surface area contributed by atoms with Crippen molar-refractivity contribution < 1.29 is 13.6 Å². The van der Waals surface area contributed by atoms with Gasteiger partial charge in [0.05, 0.1) is 17.9 Å². The van der Waals surface area contributed by atoms with E-state index in [0.29, 0.717) is 25.3 Å². The first-order valence-electron chi connectivity index (χ1n) is 8.51. The molecule has 5 nitrogen and oxygen atoms in total. The standard InChI is InChI=1S/C20H16F2N4O/c21-15-7-5-13(6-8-15)19-23-11-14-12-26(10-9-17(14)24-19)20(27)25-18-4-2-1-3-16(18)22/h1-8,11H,9-10,12H2,(H,25,27). The maximum atomic E-state index is 13.7. The fraction of sp³-hybridized carbons (Fsp3) is 0.150. The molecule has 1 N–H and O–H groups in total. The van der Waals surface area contributed by atoms with Gasteiger partial charge >= 0.3 is 6.03 Å². The second kappa shape index (κ2) is 7.11. The number of nitrogens with one attached hydrogen (secondary N) is 1. The number of hydrogen-bond acceptors (Lipinski definition) is 3. The van der Waals surface area contributed by atoms with Gasteiger partial charge < -0.3 is 10.2 Å². The summed E-state index contributed by atoms with van der Waals surface area (Å²) >= 11 is 0. The molecule has 0 bridgehead atoms. The Kier molecular flexibility index (Phi) is 4.50. The van der Waals surface area contributed by atoms with Crippen LogP contribution in [0.2, 0.25) is 0 Å². The van der Waals surface area contributed by atoms with Crippen molar-refractivity contribution in [3.63, 3.8) is 0 Å². The van der Waals surface area contributed by atoms with E-state index >= 15 is 0 Å². The highest BCUT2D eigenvalue weighted by atomic mass is 19.1. The van der Waals surface area contributed by atoms with Crippen LogP contribution in [0, 0.1) is 11.6 Å². The van der Waals surface area contributed by atoms with Gasteiger partial charge in [-0.15, -0.1) is 0 Å². The van der Waals surface area contributed by atoms with E-state index in [1.165, 1.54) is 24.3 Å². The maximum Gasteiger partial charge on any atom is 0.322 e. The summed E-state index contributed by atoms with van der Waals surface area (Å²) < 4.78 is 26.8. The highest BCUT2D eigenvalue weighted by Crippen LogP contribution is 2.22. The number of benzene rings is 2. The lowest BCUT2D eigenvalue weighted by Crippen LogP contribution is -2.39. The lowest BCUT2D eigenvalue weighted by molar-refractivity contribution is 0.205. The van der Waals surface area contributed by atoms with Crippen LogP contribution in [0.3, 0.4) is 0 Å². The third-order valence-corrected chi connectivity index (χ3v) is 4.44. The van der Waals surface area contributed by atoms with E-state index in [1.807, 2.05) is 0 Å². The highest BCUT2D eigenvalue weighted by Gasteiger charge is 2.23. The molecule has 0 fully saturated rings. The zero-order valence-corrected chi connectivity index (χ0v) is 14.3. The number of carbonyl (C=O) groups is 1. The van der Waals surface area contributed by atoms with Gasteiger partial charge in [-0.1, -0.05) is 12.1 Å². The number of anilines is 1. The quantitative estimate of drug-likeness (QED) is 0.745. The topological polar surface area (TPSA) is 58.1 Å². The molecule has 0 saturated carbocycles. The summed E-state index contributed by atoms with van der Waals surface area (Å²) in [6, 6.07) is 11.7. The molecule has 7 heteroatoms. The molecule has 3 aromatic rings. The zero-order valence-electron chi connectivity index (χ0n) is 14.3. The third kappa shape index (κ3) is 3.62. The second-order valence-electron chi connectivity index (χ2n) is 6.25. The molecule has 1 aliphatic rings. The van der Waals surface area contributed by atoms with Gasteiger partial charge in [-0.3, -0.25) is 0 Å². The number of hydrogen-bond donors (Lipinski definition) is 1. The minimum atomic E-state index is -0.476. The number of urea groups is 1. The number of aromatic nitrogens is 2. The highest BCUT2D eigenvalue weighted by molar-refractivity contribution is 5.89. The summed E-state index contributed by atoms with van der Waals surface area (Å²) in [4.78, 5) is 22.9. The Morgan fingerprint density at radius 2 is 1.85 bits per heavy atom. The van der Waals surface area contributed by atoms with Crippen molar-refractivity contribution in [3.8, 4) is 11.4 Å². The molecule has 27 heavy (non-hydrogen) atoms. The summed E-state index contributed by atoms with van der Waals surface area (Å²) in [6.07, 6.45) is 2.25. The van der Waals surface area contributed by atoms with Crippen molar-refractivity contribution in [2.45, 2.75) is 13.0 Å². The van der Waals surface area contributed by atoms with E-state index in [-0.39, 0.29) is 17.5 Å². The predicted octanol–water partition coefficient (Wildman–Crippen LogP) is 4.01. The third-order valence-electron chi connectivity index (χ3n) is 4.44. The molecule has 0 spiro atoms. The SMILES string of the molecule is O=C(Nc1ccccc1F)N1CCc2nc(-c3ccc(F)cc3)ncc2C1. The molecule has 2 amide bonds. The van der Waals surface area contributed by atoms with Gasteiger partial charge in [0.1, 0.15) is 11.6 Å². The Morgan fingerprint density at radius 3 is 2.63 bits per heavy atom. The molecule has 0 radical (unpaired) electrons. The molecular formula is C20H16F2N4O. The lowest BCUT2D eigenvalue weighted by Gasteiger charge is -2.28. The van der Waals surface area contributed by atoms with Gasteiger partial charge in [-0.25, -0.2) is 23.5 Å². The Bertz CT molecular complexity index is 992. The van der Waals surface area contributed by atoms with E-state index in [1.54, 1.807) is 35.4 Å². The minimum absolute atomic E-state index is 0.149. The molecule has 1 aromatic heterocycles. The van der Waals surface area contributed by atoms with E-state index in [9.17, 15) is 13.6 Å². The number of para-hydroxylation sites is 1. The summed E-state index contributed by atoms with van der Waals surface area (Å²) in [5, 5.41) is 2.59. The molecule has 2 heterocycles. The van der Waals surface area contributed by atoms with Crippen molar-refractivity contribution >= 4 is 11.7 Å². The van der Waals surface area contributed by atoms with Gasteiger partial charge in [0, 0.05) is 30.3 Å². The molecule has 136 valence electrons. The van der Waals surface area contributed by atoms with Crippen molar-refractivity contribution in [1.82, 2.24) is 14.9 Å². The van der Waals surface area contributed by atoms with Crippen LogP contribution in [-0.4, -0.2) is 27.4 Å². The van der Waals surface area contributed by atoms with Crippen LogP contribution >= 0.6 is 0 Å². The second-order valence-corrected chi connectivity index (χ2v) is 6.25. The van der Waals surface area contributed by atoms with Crippen molar-refractivity contribution in [2.75, 3.05) is 11.9 Å². The number of halogens is 2. The molecule has 0 unspecified atom stereocenters. The summed E-state index contributed by atoms with van der Waals surface area (Å²) in [5.74, 6) is -0.262. The Morgan fingerprint density at radius 1 is 1.07 bits per heavy atom. The number of fused-ring (bicyclic) bond motifs is 1. The van der Waals surface area contributed by atoms with E-state index in [2.05, 4.69) is 15.3 Å². The van der Waals surface area contributed by atoms with Crippen LogP contribution in [0.15, 0.2) is 54.7 Å². The first kappa shape index (κ1) is 17.1. The number of rotatable bonds is 2. The van der Waals surface area contributed by atoms with Crippen LogP contribution in [0.1, 0.15) is 11.3 Å². The fourth-order valence-electron chi connectivity index (χ4n) is 2.98. The molecule has 1 aliphatic heterocycles. The smallest absolute Gasteiger partial charge is 0.320 e. The van der Waals surface area contributed by atoms with Gasteiger partial charge in [-0.05, 0) is 36.4 Å². The largest absolute Gasteiger partial charge is 0.322 e. The number of nitrogens with zero attached hydrogens (tertiary/aromatic N) is 3. The van der Waals surface area contributed by atoms with Crippen LogP contribution in [0.25, 0.3) is 11.4 Å². The minimum Gasteiger partial charge on any atom is -0.320 e. The first-order chi connectivity index (χ1) is 13.1. The maximum absolute atomic E-state index is 13.7.